The van der Waals surface area contributed by atoms with Crippen LogP contribution in [0.4, 0.5) is 17.6 Å². The van der Waals surface area contributed by atoms with Crippen LogP contribution < -0.4 is 15.5 Å². The van der Waals surface area contributed by atoms with Gasteiger partial charge in [0, 0.05) is 50.1 Å². The first-order valence-electron chi connectivity index (χ1n) is 8.46. The third-order valence-corrected chi connectivity index (χ3v) is 5.19. The number of fused-ring (bicyclic) bond motifs is 1. The Bertz CT molecular complexity index is 696. The van der Waals surface area contributed by atoms with Crippen LogP contribution >= 0.6 is 0 Å². The maximum Gasteiger partial charge on any atom is 0.227 e. The first-order chi connectivity index (χ1) is 11.3. The predicted octanol–water partition coefficient (Wildman–Crippen LogP) is 1.48. The summed E-state index contributed by atoms with van der Waals surface area (Å²) in [4.78, 5) is 11.4. The van der Waals surface area contributed by atoms with Gasteiger partial charge in [-0.05, 0) is 30.7 Å². The number of aromatic amines is 1. The summed E-state index contributed by atoms with van der Waals surface area (Å²) in [6.07, 6.45) is 4.36. The molecule has 3 N–H and O–H groups in total. The fraction of sp³-hybridized carbons (Fsp3) is 0.562. The molecule has 0 spiro atoms. The van der Waals surface area contributed by atoms with Crippen molar-refractivity contribution < 1.29 is 0 Å². The molecule has 7 nitrogen and oxygen atoms in total. The summed E-state index contributed by atoms with van der Waals surface area (Å²) >= 11 is 0. The van der Waals surface area contributed by atoms with Crippen LogP contribution in [0.25, 0.3) is 0 Å². The second-order valence-electron chi connectivity index (χ2n) is 6.93. The lowest BCUT2D eigenvalue weighted by Crippen LogP contribution is -2.27. The van der Waals surface area contributed by atoms with Gasteiger partial charge in [-0.1, -0.05) is 0 Å². The van der Waals surface area contributed by atoms with Gasteiger partial charge in [-0.25, -0.2) is 4.98 Å². The topological polar surface area (TPSA) is 81.8 Å². The Morgan fingerprint density at radius 3 is 2.74 bits per heavy atom. The van der Waals surface area contributed by atoms with Crippen molar-refractivity contribution >= 4 is 17.6 Å². The minimum absolute atomic E-state index is 0.677. The third kappa shape index (κ3) is 2.55. The molecule has 0 unspecified atom stereocenters. The molecule has 2 atom stereocenters. The van der Waals surface area contributed by atoms with E-state index in [4.69, 9.17) is 0 Å². The number of rotatable bonds is 4. The molecule has 0 bridgehead atoms. The molecule has 7 heteroatoms. The minimum atomic E-state index is 0.677. The van der Waals surface area contributed by atoms with Crippen LogP contribution in [0.5, 0.6) is 0 Å². The molecule has 5 rings (SSSR count). The second kappa shape index (κ2) is 5.19. The number of hydrogen-bond acceptors (Lipinski definition) is 6. The number of nitrogens with one attached hydrogen (secondary N) is 3. The number of hydrogen-bond donors (Lipinski definition) is 3. The van der Waals surface area contributed by atoms with Crippen molar-refractivity contribution in [3.63, 3.8) is 0 Å². The van der Waals surface area contributed by atoms with Gasteiger partial charge in [-0.2, -0.15) is 10.1 Å². The molecule has 3 aliphatic rings. The largest absolute Gasteiger partial charge is 0.340 e. The van der Waals surface area contributed by atoms with Crippen LogP contribution in [0.2, 0.25) is 0 Å². The van der Waals surface area contributed by atoms with Crippen molar-refractivity contribution in [2.45, 2.75) is 18.8 Å². The molecule has 2 saturated heterocycles. The van der Waals surface area contributed by atoms with Gasteiger partial charge in [-0.3, -0.25) is 5.10 Å². The molecule has 2 aromatic heterocycles. The maximum absolute atomic E-state index is 4.68. The van der Waals surface area contributed by atoms with E-state index < -0.39 is 0 Å². The van der Waals surface area contributed by atoms with E-state index in [2.05, 4.69) is 41.8 Å². The van der Waals surface area contributed by atoms with Crippen molar-refractivity contribution in [3.8, 4) is 0 Å². The Hall–Kier alpha value is -2.15. The Morgan fingerprint density at radius 1 is 1.13 bits per heavy atom. The first kappa shape index (κ1) is 13.3. The average Bonchev–Trinajstić information content (AvgIpc) is 2.95. The monoisotopic (exact) mass is 311 g/mol. The summed E-state index contributed by atoms with van der Waals surface area (Å²) < 4.78 is 0. The van der Waals surface area contributed by atoms with Crippen molar-refractivity contribution in [2.24, 2.45) is 11.8 Å². The predicted molar refractivity (Wildman–Crippen MR) is 87.9 cm³/mol. The van der Waals surface area contributed by atoms with Crippen LogP contribution in [-0.4, -0.2) is 46.3 Å². The van der Waals surface area contributed by atoms with Crippen molar-refractivity contribution in [1.29, 1.82) is 0 Å². The molecule has 2 aromatic rings. The summed E-state index contributed by atoms with van der Waals surface area (Å²) in [5, 5.41) is 14.2. The maximum atomic E-state index is 4.68. The van der Waals surface area contributed by atoms with Gasteiger partial charge in [0.15, 0.2) is 5.82 Å². The molecule has 4 heterocycles. The van der Waals surface area contributed by atoms with Gasteiger partial charge in [0.1, 0.15) is 5.82 Å². The third-order valence-electron chi connectivity index (χ3n) is 5.19. The van der Waals surface area contributed by atoms with Gasteiger partial charge in [-0.15, -0.1) is 0 Å². The number of anilines is 3. The number of nitrogens with zero attached hydrogens (tertiary/aromatic N) is 4. The lowest BCUT2D eigenvalue weighted by Gasteiger charge is -2.17. The standard InChI is InChI=1S/C16H21N7/c1-2-10(1)13-5-15(22-21-13)19-14-3-4-18-16(20-14)23-8-11-6-17-7-12(11)9-23/h3-5,10-12,17H,1-2,6-9H2,(H2,18,19,20,21,22)/t11-,12+. The summed E-state index contributed by atoms with van der Waals surface area (Å²) in [6, 6.07) is 3.98. The summed E-state index contributed by atoms with van der Waals surface area (Å²) in [6.45, 7) is 4.34. The average molecular weight is 311 g/mol. The molecule has 120 valence electrons. The van der Waals surface area contributed by atoms with Crippen molar-refractivity contribution in [1.82, 2.24) is 25.5 Å². The fourth-order valence-corrected chi connectivity index (χ4v) is 3.72. The normalized spacial score (nSPS) is 26.5. The van der Waals surface area contributed by atoms with E-state index in [-0.39, 0.29) is 0 Å². The Morgan fingerprint density at radius 2 is 1.96 bits per heavy atom. The van der Waals surface area contributed by atoms with E-state index in [0.29, 0.717) is 5.92 Å². The highest BCUT2D eigenvalue weighted by molar-refractivity contribution is 5.54. The molecule has 0 aromatic carbocycles. The van der Waals surface area contributed by atoms with Crippen LogP contribution in [0.1, 0.15) is 24.5 Å². The van der Waals surface area contributed by atoms with E-state index in [9.17, 15) is 0 Å². The molecule has 23 heavy (non-hydrogen) atoms. The lowest BCUT2D eigenvalue weighted by molar-refractivity contribution is 0.533. The smallest absolute Gasteiger partial charge is 0.227 e. The Balaban J connectivity index is 1.31. The molecular weight excluding hydrogens is 290 g/mol. The zero-order valence-electron chi connectivity index (χ0n) is 13.0. The molecular formula is C16H21N7. The van der Waals surface area contributed by atoms with Crippen LogP contribution in [0.15, 0.2) is 18.3 Å². The van der Waals surface area contributed by atoms with E-state index in [1.165, 1.54) is 18.5 Å². The highest BCUT2D eigenvalue weighted by Crippen LogP contribution is 2.39. The zero-order valence-corrected chi connectivity index (χ0v) is 13.0. The van der Waals surface area contributed by atoms with Crippen molar-refractivity contribution in [3.05, 3.63) is 24.0 Å². The van der Waals surface area contributed by atoms with E-state index in [1.807, 2.05) is 12.3 Å². The molecule has 3 fully saturated rings. The van der Waals surface area contributed by atoms with Gasteiger partial charge in [0.05, 0.1) is 0 Å². The molecule has 1 saturated carbocycles. The van der Waals surface area contributed by atoms with Gasteiger partial charge in [0.25, 0.3) is 0 Å². The van der Waals surface area contributed by atoms with E-state index in [1.54, 1.807) is 0 Å². The summed E-state index contributed by atoms with van der Waals surface area (Å²) in [5.41, 5.74) is 1.22. The highest BCUT2D eigenvalue weighted by atomic mass is 15.3. The summed E-state index contributed by atoms with van der Waals surface area (Å²) in [5.74, 6) is 4.61. The molecule has 2 aliphatic heterocycles. The van der Waals surface area contributed by atoms with Crippen LogP contribution in [0, 0.1) is 11.8 Å². The van der Waals surface area contributed by atoms with Crippen molar-refractivity contribution in [2.75, 3.05) is 36.4 Å². The molecule has 0 radical (unpaired) electrons. The van der Waals surface area contributed by atoms with Gasteiger partial charge in [0.2, 0.25) is 5.95 Å². The quantitative estimate of drug-likeness (QED) is 0.793. The van der Waals surface area contributed by atoms with E-state index in [0.717, 1.165) is 55.6 Å². The second-order valence-corrected chi connectivity index (χ2v) is 6.93. The fourth-order valence-electron chi connectivity index (χ4n) is 3.72. The minimum Gasteiger partial charge on any atom is -0.340 e. The lowest BCUT2D eigenvalue weighted by atomic mass is 10.0. The number of aromatic nitrogens is 4. The Labute approximate surface area is 134 Å². The molecule has 0 amide bonds. The van der Waals surface area contributed by atoms with Crippen LogP contribution in [0.3, 0.4) is 0 Å². The van der Waals surface area contributed by atoms with Gasteiger partial charge < -0.3 is 15.5 Å². The highest BCUT2D eigenvalue weighted by Gasteiger charge is 2.37. The first-order valence-corrected chi connectivity index (χ1v) is 8.46. The molecule has 1 aliphatic carbocycles. The summed E-state index contributed by atoms with van der Waals surface area (Å²) in [7, 11) is 0. The van der Waals surface area contributed by atoms with Gasteiger partial charge >= 0.3 is 0 Å². The zero-order chi connectivity index (χ0) is 15.2. The SMILES string of the molecule is c1cc(Nc2cc(C3CC3)[nH]n2)nc(N2C[C@H]3CNC[C@H]3C2)n1. The van der Waals surface area contributed by atoms with Crippen LogP contribution in [-0.2, 0) is 0 Å². The number of H-pyrrole nitrogens is 1. The Kier molecular flexibility index (Phi) is 3.00. The van der Waals surface area contributed by atoms with E-state index >= 15 is 0 Å².